The van der Waals surface area contributed by atoms with E-state index >= 15 is 0 Å². The Bertz CT molecular complexity index is 773. The molecular formula is C19H20F3NO2S. The van der Waals surface area contributed by atoms with Crippen LogP contribution in [-0.4, -0.2) is 22.4 Å². The van der Waals surface area contributed by atoms with Gasteiger partial charge < -0.3 is 5.32 Å². The van der Waals surface area contributed by atoms with E-state index in [2.05, 4.69) is 5.32 Å². The molecule has 0 aliphatic heterocycles. The summed E-state index contributed by atoms with van der Waals surface area (Å²) in [4.78, 5) is 11.6. The van der Waals surface area contributed by atoms with Crippen molar-refractivity contribution in [1.82, 2.24) is 5.32 Å². The third-order valence-electron chi connectivity index (χ3n) is 3.67. The number of amides is 1. The van der Waals surface area contributed by atoms with Crippen molar-refractivity contribution < 1.29 is 22.2 Å². The predicted molar refractivity (Wildman–Crippen MR) is 96.9 cm³/mol. The van der Waals surface area contributed by atoms with Crippen LogP contribution >= 0.6 is 0 Å². The molecule has 1 atom stereocenters. The van der Waals surface area contributed by atoms with Crippen LogP contribution < -0.4 is 5.32 Å². The van der Waals surface area contributed by atoms with E-state index in [0.29, 0.717) is 17.7 Å². The van der Waals surface area contributed by atoms with Gasteiger partial charge in [-0.2, -0.15) is 13.2 Å². The summed E-state index contributed by atoms with van der Waals surface area (Å²) in [5, 5.41) is 2.67. The molecule has 2 aromatic carbocycles. The van der Waals surface area contributed by atoms with Crippen molar-refractivity contribution >= 4 is 16.7 Å². The van der Waals surface area contributed by atoms with E-state index in [0.717, 1.165) is 24.1 Å². The van der Waals surface area contributed by atoms with Gasteiger partial charge in [0.1, 0.15) is 5.75 Å². The van der Waals surface area contributed by atoms with Crippen LogP contribution in [0, 0.1) is 0 Å². The van der Waals surface area contributed by atoms with Gasteiger partial charge in [-0.3, -0.25) is 9.00 Å². The SMILES string of the molecule is CCCNC(=O)CS(=O)Cc1ccc(-c2cccc(C(F)(F)F)c2)cc1. The Morgan fingerprint density at radius 2 is 1.77 bits per heavy atom. The van der Waals surface area contributed by atoms with Crippen LogP contribution in [0.25, 0.3) is 11.1 Å². The fourth-order valence-electron chi connectivity index (χ4n) is 2.37. The Balaban J connectivity index is 2.02. The second kappa shape index (κ2) is 8.98. The quantitative estimate of drug-likeness (QED) is 0.781. The molecule has 0 radical (unpaired) electrons. The van der Waals surface area contributed by atoms with E-state index in [1.54, 1.807) is 30.3 Å². The summed E-state index contributed by atoms with van der Waals surface area (Å²) in [5.41, 5.74) is 1.18. The molecule has 1 amide bonds. The maximum atomic E-state index is 12.8. The lowest BCUT2D eigenvalue weighted by Gasteiger charge is -2.09. The van der Waals surface area contributed by atoms with Gasteiger partial charge in [0.05, 0.1) is 5.56 Å². The molecule has 26 heavy (non-hydrogen) atoms. The minimum absolute atomic E-state index is 0.0601. The fourth-order valence-corrected chi connectivity index (χ4v) is 3.43. The highest BCUT2D eigenvalue weighted by molar-refractivity contribution is 7.84. The van der Waals surface area contributed by atoms with Crippen LogP contribution in [0.5, 0.6) is 0 Å². The van der Waals surface area contributed by atoms with Crippen molar-refractivity contribution in [3.8, 4) is 11.1 Å². The van der Waals surface area contributed by atoms with Crippen LogP contribution in [0.4, 0.5) is 13.2 Å². The standard InChI is InChI=1S/C19H20F3NO2S/c1-2-10-23-18(24)13-26(25)12-14-6-8-15(9-7-14)16-4-3-5-17(11-16)19(20,21)22/h3-9,11H,2,10,12-13H2,1H3,(H,23,24). The maximum Gasteiger partial charge on any atom is 0.416 e. The number of alkyl halides is 3. The van der Waals surface area contributed by atoms with Gasteiger partial charge in [-0.15, -0.1) is 0 Å². The minimum Gasteiger partial charge on any atom is -0.355 e. The monoisotopic (exact) mass is 383 g/mol. The number of hydrogen-bond donors (Lipinski definition) is 1. The molecule has 0 saturated carbocycles. The lowest BCUT2D eigenvalue weighted by Crippen LogP contribution is -2.29. The topological polar surface area (TPSA) is 46.2 Å². The second-order valence-electron chi connectivity index (χ2n) is 5.85. The van der Waals surface area contributed by atoms with E-state index in [4.69, 9.17) is 0 Å². The number of halogens is 3. The van der Waals surface area contributed by atoms with Gasteiger partial charge in [0.15, 0.2) is 0 Å². The number of nitrogens with one attached hydrogen (secondary N) is 1. The van der Waals surface area contributed by atoms with Gasteiger partial charge in [-0.1, -0.05) is 43.3 Å². The van der Waals surface area contributed by atoms with Gasteiger partial charge in [0, 0.05) is 23.1 Å². The first-order valence-corrected chi connectivity index (χ1v) is 9.66. The van der Waals surface area contributed by atoms with Crippen LogP contribution in [0.3, 0.4) is 0 Å². The van der Waals surface area contributed by atoms with Gasteiger partial charge in [-0.05, 0) is 35.2 Å². The lowest BCUT2D eigenvalue weighted by molar-refractivity contribution is -0.137. The Morgan fingerprint density at radius 1 is 1.08 bits per heavy atom. The fraction of sp³-hybridized carbons (Fsp3) is 0.316. The Kier molecular flexibility index (Phi) is 6.97. The first-order chi connectivity index (χ1) is 12.3. The van der Waals surface area contributed by atoms with Crippen LogP contribution in [-0.2, 0) is 27.5 Å². The average molecular weight is 383 g/mol. The summed E-state index contributed by atoms with van der Waals surface area (Å²) in [5.74, 6) is -0.0802. The molecule has 140 valence electrons. The molecule has 3 nitrogen and oxygen atoms in total. The molecule has 2 aromatic rings. The molecule has 0 aromatic heterocycles. The predicted octanol–water partition coefficient (Wildman–Crippen LogP) is 4.15. The largest absolute Gasteiger partial charge is 0.416 e. The van der Waals surface area contributed by atoms with E-state index in [1.165, 1.54) is 6.07 Å². The third kappa shape index (κ3) is 5.98. The van der Waals surface area contributed by atoms with Gasteiger partial charge in [0.25, 0.3) is 0 Å². The molecule has 0 aliphatic carbocycles. The van der Waals surface area contributed by atoms with Crippen LogP contribution in [0.1, 0.15) is 24.5 Å². The number of hydrogen-bond acceptors (Lipinski definition) is 2. The van der Waals surface area contributed by atoms with Crippen LogP contribution in [0.2, 0.25) is 0 Å². The maximum absolute atomic E-state index is 12.8. The second-order valence-corrected chi connectivity index (χ2v) is 7.31. The zero-order valence-corrected chi connectivity index (χ0v) is 15.1. The molecule has 1 unspecified atom stereocenters. The summed E-state index contributed by atoms with van der Waals surface area (Å²) >= 11 is 0. The molecule has 0 bridgehead atoms. The van der Waals surface area contributed by atoms with Crippen molar-refractivity contribution in [2.75, 3.05) is 12.3 Å². The first kappa shape index (κ1) is 20.2. The molecule has 0 fully saturated rings. The van der Waals surface area contributed by atoms with E-state index in [9.17, 15) is 22.2 Å². The number of carbonyl (C=O) groups excluding carboxylic acids is 1. The van der Waals surface area contributed by atoms with Crippen molar-refractivity contribution in [2.24, 2.45) is 0 Å². The van der Waals surface area contributed by atoms with Gasteiger partial charge in [0.2, 0.25) is 5.91 Å². The highest BCUT2D eigenvalue weighted by Crippen LogP contribution is 2.32. The first-order valence-electron chi connectivity index (χ1n) is 8.18. The lowest BCUT2D eigenvalue weighted by atomic mass is 10.0. The molecule has 2 rings (SSSR count). The summed E-state index contributed by atoms with van der Waals surface area (Å²) in [7, 11) is -1.33. The normalized spacial score (nSPS) is 12.6. The minimum atomic E-state index is -4.38. The summed E-state index contributed by atoms with van der Waals surface area (Å²) in [6.07, 6.45) is -3.57. The highest BCUT2D eigenvalue weighted by Gasteiger charge is 2.30. The van der Waals surface area contributed by atoms with Crippen molar-refractivity contribution in [2.45, 2.75) is 25.3 Å². The molecule has 0 spiro atoms. The molecule has 0 saturated heterocycles. The highest BCUT2D eigenvalue weighted by atomic mass is 32.2. The molecular weight excluding hydrogens is 363 g/mol. The summed E-state index contributed by atoms with van der Waals surface area (Å²) in [6, 6.07) is 11.9. The number of rotatable bonds is 7. The van der Waals surface area contributed by atoms with E-state index in [1.807, 2.05) is 6.92 Å². The van der Waals surface area contributed by atoms with Crippen molar-refractivity contribution in [1.29, 1.82) is 0 Å². The van der Waals surface area contributed by atoms with E-state index in [-0.39, 0.29) is 17.4 Å². The Morgan fingerprint density at radius 3 is 2.38 bits per heavy atom. The Hall–Kier alpha value is -2.15. The summed E-state index contributed by atoms with van der Waals surface area (Å²) < 4.78 is 50.4. The zero-order valence-electron chi connectivity index (χ0n) is 14.3. The number of benzene rings is 2. The molecule has 1 N–H and O–H groups in total. The Labute approximate surface area is 153 Å². The van der Waals surface area contributed by atoms with Crippen molar-refractivity contribution in [3.05, 3.63) is 59.7 Å². The van der Waals surface area contributed by atoms with Crippen molar-refractivity contribution in [3.63, 3.8) is 0 Å². The van der Waals surface area contributed by atoms with Crippen LogP contribution in [0.15, 0.2) is 48.5 Å². The van der Waals surface area contributed by atoms with Gasteiger partial charge >= 0.3 is 6.18 Å². The molecule has 0 aliphatic rings. The molecule has 7 heteroatoms. The number of carbonyl (C=O) groups is 1. The smallest absolute Gasteiger partial charge is 0.355 e. The zero-order chi connectivity index (χ0) is 19.2. The average Bonchev–Trinajstić information content (AvgIpc) is 2.60. The third-order valence-corrected chi connectivity index (χ3v) is 4.91. The summed E-state index contributed by atoms with van der Waals surface area (Å²) in [6.45, 7) is 2.49. The van der Waals surface area contributed by atoms with E-state index < -0.39 is 22.5 Å². The molecule has 0 heterocycles. The van der Waals surface area contributed by atoms with Gasteiger partial charge in [-0.25, -0.2) is 0 Å².